The second-order valence-electron chi connectivity index (χ2n) is 4.25. The second kappa shape index (κ2) is 4.80. The molecule has 1 fully saturated rings. The van der Waals surface area contributed by atoms with Crippen molar-refractivity contribution in [3.63, 3.8) is 0 Å². The molecule has 0 unspecified atom stereocenters. The number of hydrogen-bond donors (Lipinski definition) is 2. The van der Waals surface area contributed by atoms with E-state index in [0.29, 0.717) is 12.3 Å². The molecule has 2 rings (SSSR count). The second-order valence-corrected chi connectivity index (χ2v) is 4.25. The average molecular weight is 225 g/mol. The van der Waals surface area contributed by atoms with Crippen molar-refractivity contribution in [1.82, 2.24) is 5.32 Å². The van der Waals surface area contributed by atoms with E-state index in [2.05, 4.69) is 5.32 Å². The van der Waals surface area contributed by atoms with E-state index < -0.39 is 5.60 Å². The number of rotatable bonds is 3. The van der Waals surface area contributed by atoms with Gasteiger partial charge in [-0.1, -0.05) is 6.07 Å². The lowest BCUT2D eigenvalue weighted by molar-refractivity contribution is -0.0231. The van der Waals surface area contributed by atoms with E-state index in [1.807, 2.05) is 0 Å². The van der Waals surface area contributed by atoms with Crippen LogP contribution in [0.1, 0.15) is 12.8 Å². The zero-order chi connectivity index (χ0) is 11.4. The molecule has 0 bridgehead atoms. The van der Waals surface area contributed by atoms with Crippen LogP contribution in [-0.2, 0) is 0 Å². The lowest BCUT2D eigenvalue weighted by atomic mass is 9.95. The third kappa shape index (κ3) is 2.93. The third-order valence-corrected chi connectivity index (χ3v) is 2.75. The molecule has 0 amide bonds. The third-order valence-electron chi connectivity index (χ3n) is 2.75. The fraction of sp³-hybridized carbons (Fsp3) is 0.500. The summed E-state index contributed by atoms with van der Waals surface area (Å²) in [7, 11) is 0. The zero-order valence-corrected chi connectivity index (χ0v) is 9.08. The number of halogens is 1. The zero-order valence-electron chi connectivity index (χ0n) is 9.08. The van der Waals surface area contributed by atoms with Crippen LogP contribution in [-0.4, -0.2) is 30.4 Å². The summed E-state index contributed by atoms with van der Waals surface area (Å²) in [6.45, 7) is 1.66. The number of nitrogens with one attached hydrogen (secondary N) is 1. The summed E-state index contributed by atoms with van der Waals surface area (Å²) in [5.74, 6) is 0.130. The van der Waals surface area contributed by atoms with E-state index in [0.717, 1.165) is 19.4 Å². The van der Waals surface area contributed by atoms with Crippen molar-refractivity contribution >= 4 is 0 Å². The largest absolute Gasteiger partial charge is 0.490 e. The minimum Gasteiger partial charge on any atom is -0.490 e. The van der Waals surface area contributed by atoms with Crippen LogP contribution in [0.5, 0.6) is 5.75 Å². The van der Waals surface area contributed by atoms with E-state index in [-0.39, 0.29) is 12.4 Å². The standard InChI is InChI=1S/C12H16FNO2/c13-10-3-1-4-11(7-10)16-9-12(15)5-2-6-14-8-12/h1,3-4,7,14-15H,2,5-6,8-9H2/t12-/m0/s1. The first kappa shape index (κ1) is 11.4. The van der Waals surface area contributed by atoms with Gasteiger partial charge in [-0.15, -0.1) is 0 Å². The van der Waals surface area contributed by atoms with Gasteiger partial charge in [-0.2, -0.15) is 0 Å². The predicted molar refractivity (Wildman–Crippen MR) is 58.9 cm³/mol. The van der Waals surface area contributed by atoms with Gasteiger partial charge in [0.15, 0.2) is 0 Å². The van der Waals surface area contributed by atoms with Crippen molar-refractivity contribution in [1.29, 1.82) is 0 Å². The van der Waals surface area contributed by atoms with Gasteiger partial charge in [-0.05, 0) is 31.5 Å². The van der Waals surface area contributed by atoms with E-state index >= 15 is 0 Å². The number of benzene rings is 1. The highest BCUT2D eigenvalue weighted by Crippen LogP contribution is 2.19. The molecule has 1 aliphatic rings. The summed E-state index contributed by atoms with van der Waals surface area (Å²) in [6.07, 6.45) is 1.65. The Labute approximate surface area is 94.2 Å². The van der Waals surface area contributed by atoms with Crippen LogP contribution in [0.4, 0.5) is 4.39 Å². The highest BCUT2D eigenvalue weighted by atomic mass is 19.1. The Hall–Kier alpha value is -1.13. The molecule has 1 heterocycles. The van der Waals surface area contributed by atoms with Crippen LogP contribution >= 0.6 is 0 Å². The molecule has 0 aromatic heterocycles. The van der Waals surface area contributed by atoms with Crippen molar-refractivity contribution < 1.29 is 14.2 Å². The Bertz CT molecular complexity index is 351. The molecular formula is C12H16FNO2. The smallest absolute Gasteiger partial charge is 0.126 e. The topological polar surface area (TPSA) is 41.5 Å². The summed E-state index contributed by atoms with van der Waals surface area (Å²) in [6, 6.07) is 5.96. The summed E-state index contributed by atoms with van der Waals surface area (Å²) in [5.41, 5.74) is -0.829. The summed E-state index contributed by atoms with van der Waals surface area (Å²) in [5, 5.41) is 13.2. The first-order valence-electron chi connectivity index (χ1n) is 5.49. The molecule has 1 aromatic rings. The maximum absolute atomic E-state index is 12.9. The van der Waals surface area contributed by atoms with Crippen LogP contribution in [0.25, 0.3) is 0 Å². The Morgan fingerprint density at radius 2 is 2.38 bits per heavy atom. The molecule has 1 aliphatic heterocycles. The van der Waals surface area contributed by atoms with Crippen molar-refractivity contribution in [3.8, 4) is 5.75 Å². The molecule has 0 saturated carbocycles. The van der Waals surface area contributed by atoms with Gasteiger partial charge in [0.1, 0.15) is 23.8 Å². The van der Waals surface area contributed by atoms with Crippen LogP contribution in [0.2, 0.25) is 0 Å². The lowest BCUT2D eigenvalue weighted by Gasteiger charge is -2.32. The van der Waals surface area contributed by atoms with Gasteiger partial charge in [-0.25, -0.2) is 4.39 Å². The summed E-state index contributed by atoms with van der Waals surface area (Å²) < 4.78 is 18.3. The SMILES string of the molecule is O[C@@]1(COc2cccc(F)c2)CCCNC1. The van der Waals surface area contributed by atoms with Crippen molar-refractivity contribution in [2.75, 3.05) is 19.7 Å². The van der Waals surface area contributed by atoms with Gasteiger partial charge in [-0.3, -0.25) is 0 Å². The van der Waals surface area contributed by atoms with Gasteiger partial charge in [0.25, 0.3) is 0 Å². The number of β-amino-alcohol motifs (C(OH)–C–C–N with tert-alkyl or cyclic N) is 1. The minimum atomic E-state index is -0.829. The van der Waals surface area contributed by atoms with Crippen LogP contribution in [0.15, 0.2) is 24.3 Å². The van der Waals surface area contributed by atoms with Crippen molar-refractivity contribution in [2.24, 2.45) is 0 Å². The molecule has 1 aromatic carbocycles. The Morgan fingerprint density at radius 1 is 1.50 bits per heavy atom. The summed E-state index contributed by atoms with van der Waals surface area (Å²) >= 11 is 0. The van der Waals surface area contributed by atoms with E-state index in [9.17, 15) is 9.50 Å². The number of aliphatic hydroxyl groups is 1. The molecule has 2 N–H and O–H groups in total. The van der Waals surface area contributed by atoms with Gasteiger partial charge in [0.2, 0.25) is 0 Å². The van der Waals surface area contributed by atoms with Crippen LogP contribution in [0, 0.1) is 5.82 Å². The maximum Gasteiger partial charge on any atom is 0.126 e. The Morgan fingerprint density at radius 3 is 3.06 bits per heavy atom. The molecular weight excluding hydrogens is 209 g/mol. The van der Waals surface area contributed by atoms with Gasteiger partial charge < -0.3 is 15.2 Å². The van der Waals surface area contributed by atoms with Crippen LogP contribution in [0.3, 0.4) is 0 Å². The minimum absolute atomic E-state index is 0.198. The fourth-order valence-corrected chi connectivity index (χ4v) is 1.85. The van der Waals surface area contributed by atoms with E-state index in [1.165, 1.54) is 12.1 Å². The van der Waals surface area contributed by atoms with E-state index in [4.69, 9.17) is 4.74 Å². The molecule has 88 valence electrons. The van der Waals surface area contributed by atoms with Gasteiger partial charge in [0, 0.05) is 12.6 Å². The molecule has 16 heavy (non-hydrogen) atoms. The lowest BCUT2D eigenvalue weighted by Crippen LogP contribution is -2.49. The predicted octanol–water partition coefficient (Wildman–Crippen LogP) is 1.32. The molecule has 3 nitrogen and oxygen atoms in total. The number of ether oxygens (including phenoxy) is 1. The number of hydrogen-bond acceptors (Lipinski definition) is 3. The summed E-state index contributed by atoms with van der Waals surface area (Å²) in [4.78, 5) is 0. The molecule has 0 aliphatic carbocycles. The van der Waals surface area contributed by atoms with Crippen LogP contribution < -0.4 is 10.1 Å². The monoisotopic (exact) mass is 225 g/mol. The van der Waals surface area contributed by atoms with Crippen molar-refractivity contribution in [3.05, 3.63) is 30.1 Å². The molecule has 1 atom stereocenters. The number of piperidine rings is 1. The molecule has 0 radical (unpaired) electrons. The Balaban J connectivity index is 1.91. The molecule has 1 saturated heterocycles. The molecule has 0 spiro atoms. The quantitative estimate of drug-likeness (QED) is 0.815. The maximum atomic E-state index is 12.9. The normalized spacial score (nSPS) is 25.4. The van der Waals surface area contributed by atoms with Crippen molar-refractivity contribution in [2.45, 2.75) is 18.4 Å². The Kier molecular flexibility index (Phi) is 3.41. The molecule has 4 heteroatoms. The van der Waals surface area contributed by atoms with Gasteiger partial charge >= 0.3 is 0 Å². The first-order valence-corrected chi connectivity index (χ1v) is 5.49. The highest BCUT2D eigenvalue weighted by Gasteiger charge is 2.29. The van der Waals surface area contributed by atoms with E-state index in [1.54, 1.807) is 12.1 Å². The fourth-order valence-electron chi connectivity index (χ4n) is 1.85. The average Bonchev–Trinajstić information content (AvgIpc) is 2.28. The first-order chi connectivity index (χ1) is 7.68. The highest BCUT2D eigenvalue weighted by molar-refractivity contribution is 5.22. The van der Waals surface area contributed by atoms with Gasteiger partial charge in [0.05, 0.1) is 0 Å².